The third kappa shape index (κ3) is 2.58. The Kier molecular flexibility index (Phi) is 3.45. The molecular weight excluding hydrogens is 240 g/mol. The zero-order valence-corrected chi connectivity index (χ0v) is 9.86. The molecule has 1 aromatic carbocycles. The third-order valence-electron chi connectivity index (χ3n) is 2.30. The highest BCUT2D eigenvalue weighted by molar-refractivity contribution is 5.45. The number of hydrogen-bond donors (Lipinski definition) is 1. The van der Waals surface area contributed by atoms with Crippen LogP contribution in [0.5, 0.6) is 11.5 Å². The summed E-state index contributed by atoms with van der Waals surface area (Å²) < 4.78 is 33.7. The number of aryl methyl sites for hydroxylation is 1. The molecule has 0 saturated carbocycles. The maximum Gasteiger partial charge on any atom is 0.198 e. The van der Waals surface area contributed by atoms with Gasteiger partial charge in [0, 0.05) is 24.4 Å². The van der Waals surface area contributed by atoms with E-state index >= 15 is 0 Å². The highest BCUT2D eigenvalue weighted by atomic mass is 19.1. The molecule has 0 saturated heterocycles. The number of nitrogens with two attached hydrogens (primary N) is 1. The summed E-state index contributed by atoms with van der Waals surface area (Å²) in [6, 6.07) is 2.02. The van der Waals surface area contributed by atoms with Crippen LogP contribution in [0.3, 0.4) is 0 Å². The highest BCUT2D eigenvalue weighted by Gasteiger charge is 2.13. The van der Waals surface area contributed by atoms with Gasteiger partial charge in [-0.2, -0.15) is 5.10 Å². The number of benzene rings is 1. The Hall–Kier alpha value is -2.11. The molecule has 2 aromatic rings. The molecule has 0 atom stereocenters. The van der Waals surface area contributed by atoms with Crippen molar-refractivity contribution in [3.05, 3.63) is 36.2 Å². The number of anilines is 1. The number of halogens is 2. The Balaban J connectivity index is 2.22. The standard InChI is InChI=1S/C12H13F2N3O/c1-2-3-17-7-9(6-16-17)18-12-10(13)4-8(15)5-11(12)14/h4-7H,2-3,15H2,1H3. The van der Waals surface area contributed by atoms with Crippen LogP contribution in [0.4, 0.5) is 14.5 Å². The van der Waals surface area contributed by atoms with Crippen LogP contribution < -0.4 is 10.5 Å². The van der Waals surface area contributed by atoms with E-state index < -0.39 is 17.4 Å². The number of hydrogen-bond acceptors (Lipinski definition) is 3. The quantitative estimate of drug-likeness (QED) is 0.852. The van der Waals surface area contributed by atoms with Crippen molar-refractivity contribution in [2.75, 3.05) is 5.73 Å². The topological polar surface area (TPSA) is 53.1 Å². The van der Waals surface area contributed by atoms with Crippen molar-refractivity contribution in [2.45, 2.75) is 19.9 Å². The smallest absolute Gasteiger partial charge is 0.198 e. The van der Waals surface area contributed by atoms with Gasteiger partial charge in [-0.1, -0.05) is 6.92 Å². The van der Waals surface area contributed by atoms with Gasteiger partial charge < -0.3 is 10.5 Å². The Bertz CT molecular complexity index is 531. The van der Waals surface area contributed by atoms with Crippen molar-refractivity contribution < 1.29 is 13.5 Å². The van der Waals surface area contributed by atoms with E-state index in [-0.39, 0.29) is 11.4 Å². The van der Waals surface area contributed by atoms with E-state index in [0.717, 1.165) is 25.1 Å². The van der Waals surface area contributed by atoms with Gasteiger partial charge in [-0.25, -0.2) is 8.78 Å². The van der Waals surface area contributed by atoms with Crippen molar-refractivity contribution in [3.8, 4) is 11.5 Å². The lowest BCUT2D eigenvalue weighted by Gasteiger charge is -2.06. The molecule has 0 fully saturated rings. The predicted molar refractivity (Wildman–Crippen MR) is 63.4 cm³/mol. The summed E-state index contributed by atoms with van der Waals surface area (Å²) in [5.41, 5.74) is 5.33. The minimum absolute atomic E-state index is 0.0130. The number of nitrogen functional groups attached to an aromatic ring is 1. The Morgan fingerprint density at radius 1 is 1.33 bits per heavy atom. The molecule has 2 rings (SSSR count). The summed E-state index contributed by atoms with van der Waals surface area (Å²) in [5, 5.41) is 4.00. The highest BCUT2D eigenvalue weighted by Crippen LogP contribution is 2.29. The Morgan fingerprint density at radius 2 is 2.00 bits per heavy atom. The minimum Gasteiger partial charge on any atom is -0.448 e. The second-order valence-corrected chi connectivity index (χ2v) is 3.85. The molecule has 4 nitrogen and oxygen atoms in total. The summed E-state index contributed by atoms with van der Waals surface area (Å²) in [6.45, 7) is 2.72. The fourth-order valence-corrected chi connectivity index (χ4v) is 1.54. The molecule has 0 spiro atoms. The van der Waals surface area contributed by atoms with Crippen molar-refractivity contribution >= 4 is 5.69 Å². The van der Waals surface area contributed by atoms with Crippen molar-refractivity contribution in [1.82, 2.24) is 9.78 Å². The van der Waals surface area contributed by atoms with Gasteiger partial charge in [-0.05, 0) is 6.42 Å². The molecule has 0 bridgehead atoms. The average molecular weight is 253 g/mol. The first-order chi connectivity index (χ1) is 8.60. The molecule has 0 aliphatic carbocycles. The molecule has 96 valence electrons. The van der Waals surface area contributed by atoms with Crippen LogP contribution in [0.15, 0.2) is 24.5 Å². The molecule has 0 radical (unpaired) electrons. The molecule has 2 N–H and O–H groups in total. The van der Waals surface area contributed by atoms with Crippen molar-refractivity contribution in [3.63, 3.8) is 0 Å². The summed E-state index contributed by atoms with van der Waals surface area (Å²) >= 11 is 0. The van der Waals surface area contributed by atoms with Gasteiger partial charge in [0.15, 0.2) is 23.1 Å². The minimum atomic E-state index is -0.837. The molecule has 0 aliphatic heterocycles. The third-order valence-corrected chi connectivity index (χ3v) is 2.30. The lowest BCUT2D eigenvalue weighted by Crippen LogP contribution is -1.96. The Labute approximate surface area is 103 Å². The van der Waals surface area contributed by atoms with E-state index in [0.29, 0.717) is 0 Å². The van der Waals surface area contributed by atoms with Crippen LogP contribution in [0.25, 0.3) is 0 Å². The normalized spacial score (nSPS) is 10.6. The van der Waals surface area contributed by atoms with E-state index in [2.05, 4.69) is 5.10 Å². The summed E-state index contributed by atoms with van der Waals surface area (Å²) in [6.07, 6.45) is 3.90. The average Bonchev–Trinajstić information content (AvgIpc) is 2.72. The molecule has 1 heterocycles. The van der Waals surface area contributed by atoms with E-state index in [1.807, 2.05) is 6.92 Å². The van der Waals surface area contributed by atoms with Crippen LogP contribution in [0, 0.1) is 11.6 Å². The first-order valence-electron chi connectivity index (χ1n) is 5.55. The molecule has 0 unspecified atom stereocenters. The number of ether oxygens (including phenoxy) is 1. The van der Waals surface area contributed by atoms with E-state index in [1.165, 1.54) is 6.20 Å². The van der Waals surface area contributed by atoms with Crippen LogP contribution in [0.2, 0.25) is 0 Å². The number of rotatable bonds is 4. The largest absolute Gasteiger partial charge is 0.448 e. The lowest BCUT2D eigenvalue weighted by molar-refractivity contribution is 0.407. The van der Waals surface area contributed by atoms with Gasteiger partial charge >= 0.3 is 0 Å². The van der Waals surface area contributed by atoms with Crippen LogP contribution in [-0.2, 0) is 6.54 Å². The van der Waals surface area contributed by atoms with E-state index in [9.17, 15) is 8.78 Å². The zero-order chi connectivity index (χ0) is 13.1. The van der Waals surface area contributed by atoms with Gasteiger partial charge in [-0.15, -0.1) is 0 Å². The molecule has 6 heteroatoms. The fraction of sp³-hybridized carbons (Fsp3) is 0.250. The summed E-state index contributed by atoms with van der Waals surface area (Å²) in [5.74, 6) is -1.86. The predicted octanol–water partition coefficient (Wildman–Crippen LogP) is 2.95. The van der Waals surface area contributed by atoms with Gasteiger partial charge in [0.1, 0.15) is 0 Å². The molecule has 0 aliphatic rings. The van der Waals surface area contributed by atoms with Gasteiger partial charge in [-0.3, -0.25) is 4.68 Å². The molecule has 18 heavy (non-hydrogen) atoms. The SMILES string of the molecule is CCCn1cc(Oc2c(F)cc(N)cc2F)cn1. The first-order valence-corrected chi connectivity index (χ1v) is 5.55. The van der Waals surface area contributed by atoms with Gasteiger partial charge in [0.25, 0.3) is 0 Å². The fourth-order valence-electron chi connectivity index (χ4n) is 1.54. The summed E-state index contributed by atoms with van der Waals surface area (Å²) in [4.78, 5) is 0. The molecule has 0 amide bonds. The number of nitrogens with zero attached hydrogens (tertiary/aromatic N) is 2. The van der Waals surface area contributed by atoms with E-state index in [1.54, 1.807) is 10.9 Å². The monoisotopic (exact) mass is 253 g/mol. The lowest BCUT2D eigenvalue weighted by atomic mass is 10.3. The van der Waals surface area contributed by atoms with Gasteiger partial charge in [0.05, 0.1) is 12.4 Å². The molecular formula is C12H13F2N3O. The van der Waals surface area contributed by atoms with Crippen molar-refractivity contribution in [2.24, 2.45) is 0 Å². The first kappa shape index (κ1) is 12.3. The number of aromatic nitrogens is 2. The maximum atomic E-state index is 13.5. The van der Waals surface area contributed by atoms with Crippen LogP contribution >= 0.6 is 0 Å². The second kappa shape index (κ2) is 5.03. The maximum absolute atomic E-state index is 13.5. The summed E-state index contributed by atoms with van der Waals surface area (Å²) in [7, 11) is 0. The molecule has 1 aromatic heterocycles. The van der Waals surface area contributed by atoms with Gasteiger partial charge in [0.2, 0.25) is 0 Å². The zero-order valence-electron chi connectivity index (χ0n) is 9.86. The Morgan fingerprint density at radius 3 is 2.61 bits per heavy atom. The van der Waals surface area contributed by atoms with Crippen LogP contribution in [0.1, 0.15) is 13.3 Å². The van der Waals surface area contributed by atoms with Crippen molar-refractivity contribution in [1.29, 1.82) is 0 Å². The van der Waals surface area contributed by atoms with E-state index in [4.69, 9.17) is 10.5 Å². The van der Waals surface area contributed by atoms with Crippen LogP contribution in [-0.4, -0.2) is 9.78 Å². The second-order valence-electron chi connectivity index (χ2n) is 3.85.